The van der Waals surface area contributed by atoms with E-state index in [9.17, 15) is 10.1 Å². The van der Waals surface area contributed by atoms with Crippen molar-refractivity contribution in [1.29, 1.82) is 0 Å². The maximum Gasteiger partial charge on any atom is 0.168 e. The maximum absolute atomic E-state index is 9.99. The number of nitro groups is 1. The van der Waals surface area contributed by atoms with Gasteiger partial charge in [0, 0.05) is 16.0 Å². The summed E-state index contributed by atoms with van der Waals surface area (Å²) < 4.78 is 0. The van der Waals surface area contributed by atoms with E-state index < -0.39 is 5.03 Å². The van der Waals surface area contributed by atoms with E-state index in [0.29, 0.717) is 5.69 Å². The summed E-state index contributed by atoms with van der Waals surface area (Å²) in [7, 11) is 0. The van der Waals surface area contributed by atoms with Crippen molar-refractivity contribution >= 4 is 0 Å². The lowest BCUT2D eigenvalue weighted by molar-refractivity contribution is -0.554. The fourth-order valence-electron chi connectivity index (χ4n) is 0.533. The highest BCUT2D eigenvalue weighted by Gasteiger charge is 2.03. The first kappa shape index (κ1) is 5.74. The zero-order valence-electron chi connectivity index (χ0n) is 4.81. The molecule has 1 aromatic heterocycles. The second-order valence-corrected chi connectivity index (χ2v) is 1.60. The zero-order chi connectivity index (χ0) is 6.85. The first-order valence-electron chi connectivity index (χ1n) is 2.37. The van der Waals surface area contributed by atoms with Gasteiger partial charge in [0.1, 0.15) is 5.69 Å². The Morgan fingerprint density at radius 1 is 1.89 bits per heavy atom. The Bertz CT molecular complexity index is 229. The molecule has 0 saturated heterocycles. The van der Waals surface area contributed by atoms with Gasteiger partial charge >= 0.3 is 0 Å². The normalized spacial score (nSPS) is 9.44. The van der Waals surface area contributed by atoms with Gasteiger partial charge in [-0.1, -0.05) is 0 Å². The van der Waals surface area contributed by atoms with Gasteiger partial charge in [0.25, 0.3) is 0 Å². The quantitative estimate of drug-likeness (QED) is 0.400. The second-order valence-electron chi connectivity index (χ2n) is 1.60. The van der Waals surface area contributed by atoms with Crippen LogP contribution >= 0.6 is 0 Å². The summed E-state index contributed by atoms with van der Waals surface area (Å²) in [6.07, 6.45) is 1.39. The molecule has 0 fully saturated rings. The van der Waals surface area contributed by atoms with Crippen LogP contribution in [-0.2, 0) is 0 Å². The average molecular weight is 127 g/mol. The Hall–Kier alpha value is -1.39. The summed E-state index contributed by atoms with van der Waals surface area (Å²) >= 11 is 0. The molecule has 0 aliphatic rings. The molecule has 0 radical (unpaired) electrons. The fourth-order valence-corrected chi connectivity index (χ4v) is 0.533. The Morgan fingerprint density at radius 3 is 2.78 bits per heavy atom. The maximum atomic E-state index is 9.99. The topological polar surface area (TPSA) is 61.0 Å². The summed E-state index contributed by atoms with van der Waals surface area (Å²) in [5, 5.41) is 12.8. The summed E-state index contributed by atoms with van der Waals surface area (Å²) in [6.45, 7) is 1.62. The van der Waals surface area contributed by atoms with Gasteiger partial charge in [0.2, 0.25) is 0 Å². The third kappa shape index (κ3) is 0.883. The second kappa shape index (κ2) is 1.85. The van der Waals surface area contributed by atoms with Crippen molar-refractivity contribution in [1.82, 2.24) is 9.89 Å². The molecule has 5 heteroatoms. The van der Waals surface area contributed by atoms with E-state index >= 15 is 0 Å². The van der Waals surface area contributed by atoms with Gasteiger partial charge < -0.3 is 10.1 Å². The van der Waals surface area contributed by atoms with Crippen LogP contribution in [0.1, 0.15) is 5.69 Å². The summed E-state index contributed by atoms with van der Waals surface area (Å²) in [6, 6.07) is 1.57. The summed E-state index contributed by atoms with van der Waals surface area (Å²) in [4.78, 5) is 10.7. The van der Waals surface area contributed by atoms with E-state index in [1.807, 2.05) is 0 Å². The van der Waals surface area contributed by atoms with Crippen molar-refractivity contribution in [3.05, 3.63) is 28.1 Å². The van der Waals surface area contributed by atoms with Crippen LogP contribution in [0.5, 0.6) is 0 Å². The Balaban J connectivity index is 3.08. The molecule has 0 spiro atoms. The first-order chi connectivity index (χ1) is 4.22. The van der Waals surface area contributed by atoms with E-state index in [-0.39, 0.29) is 0 Å². The SMILES string of the molecule is Cc1ccnn1[N+](=O)[O-]. The number of hydrogen-bond acceptors (Lipinski definition) is 3. The van der Waals surface area contributed by atoms with Crippen molar-refractivity contribution in [2.24, 2.45) is 0 Å². The van der Waals surface area contributed by atoms with Crippen LogP contribution in [0.2, 0.25) is 0 Å². The minimum absolute atomic E-state index is 0.528. The lowest BCUT2D eigenvalue weighted by Crippen LogP contribution is -2.11. The van der Waals surface area contributed by atoms with Gasteiger partial charge in [-0.15, -0.1) is 0 Å². The highest BCUT2D eigenvalue weighted by Crippen LogP contribution is 1.92. The van der Waals surface area contributed by atoms with Gasteiger partial charge in [0.05, 0.1) is 5.03 Å². The Kier molecular flexibility index (Phi) is 1.18. The van der Waals surface area contributed by atoms with Crippen molar-refractivity contribution in [3.8, 4) is 0 Å². The Morgan fingerprint density at radius 2 is 2.56 bits per heavy atom. The molecular weight excluding hydrogens is 122 g/mol. The van der Waals surface area contributed by atoms with Gasteiger partial charge in [-0.05, 0) is 6.92 Å². The van der Waals surface area contributed by atoms with Crippen molar-refractivity contribution in [2.45, 2.75) is 6.92 Å². The lowest BCUT2D eigenvalue weighted by Gasteiger charge is -1.90. The molecule has 5 nitrogen and oxygen atoms in total. The minimum Gasteiger partial charge on any atom is -0.339 e. The van der Waals surface area contributed by atoms with Gasteiger partial charge in [-0.3, -0.25) is 0 Å². The van der Waals surface area contributed by atoms with Crippen LogP contribution in [0.3, 0.4) is 0 Å². The number of aryl methyl sites for hydroxylation is 1. The molecule has 9 heavy (non-hydrogen) atoms. The van der Waals surface area contributed by atoms with Crippen LogP contribution in [0.15, 0.2) is 12.3 Å². The summed E-state index contributed by atoms with van der Waals surface area (Å²) in [5.74, 6) is 0. The van der Waals surface area contributed by atoms with Gasteiger partial charge in [-0.25, -0.2) is 0 Å². The monoisotopic (exact) mass is 127 g/mol. The molecule has 1 aromatic rings. The van der Waals surface area contributed by atoms with Crippen LogP contribution in [-0.4, -0.2) is 14.9 Å². The lowest BCUT2D eigenvalue weighted by atomic mass is 10.5. The van der Waals surface area contributed by atoms with E-state index in [4.69, 9.17) is 0 Å². The minimum atomic E-state index is -0.574. The molecular formula is C4H5N3O2. The number of hydrogen-bond donors (Lipinski definition) is 0. The van der Waals surface area contributed by atoms with E-state index in [1.54, 1.807) is 13.0 Å². The van der Waals surface area contributed by atoms with E-state index in [1.165, 1.54) is 6.20 Å². The molecule has 48 valence electrons. The van der Waals surface area contributed by atoms with Crippen LogP contribution < -0.4 is 0 Å². The molecule has 0 bridgehead atoms. The summed E-state index contributed by atoms with van der Waals surface area (Å²) in [5.41, 5.74) is 0.528. The standard InChI is InChI=1S/C4H5N3O2/c1-4-2-3-5-6(4)7(8)9/h2-3H,1H3. The molecule has 0 atom stereocenters. The van der Waals surface area contributed by atoms with Gasteiger partial charge in [-0.2, -0.15) is 0 Å². The predicted molar refractivity (Wildman–Crippen MR) is 29.4 cm³/mol. The molecule has 0 aromatic carbocycles. The first-order valence-corrected chi connectivity index (χ1v) is 2.37. The largest absolute Gasteiger partial charge is 0.339 e. The van der Waals surface area contributed by atoms with E-state index in [0.717, 1.165) is 4.79 Å². The molecule has 0 amide bonds. The van der Waals surface area contributed by atoms with Crippen molar-refractivity contribution < 1.29 is 5.03 Å². The third-order valence-electron chi connectivity index (χ3n) is 0.962. The Labute approximate surface area is 51.0 Å². The highest BCUT2D eigenvalue weighted by atomic mass is 16.7. The van der Waals surface area contributed by atoms with Crippen LogP contribution in [0, 0.1) is 17.0 Å². The van der Waals surface area contributed by atoms with E-state index in [2.05, 4.69) is 5.10 Å². The predicted octanol–water partition coefficient (Wildman–Crippen LogP) is 0.231. The molecule has 0 unspecified atom stereocenters. The molecule has 1 heterocycles. The van der Waals surface area contributed by atoms with Crippen molar-refractivity contribution in [2.75, 3.05) is 0 Å². The molecule has 0 N–H and O–H groups in total. The number of aromatic nitrogens is 2. The number of nitrogens with zero attached hydrogens (tertiary/aromatic N) is 3. The molecule has 0 aliphatic heterocycles. The fraction of sp³-hybridized carbons (Fsp3) is 0.250. The highest BCUT2D eigenvalue weighted by molar-refractivity contribution is 4.93. The van der Waals surface area contributed by atoms with Crippen LogP contribution in [0.4, 0.5) is 0 Å². The third-order valence-corrected chi connectivity index (χ3v) is 0.962. The average Bonchev–Trinajstić information content (AvgIpc) is 2.13. The number of rotatable bonds is 1. The van der Waals surface area contributed by atoms with Crippen LogP contribution in [0.25, 0.3) is 0 Å². The molecule has 1 rings (SSSR count). The smallest absolute Gasteiger partial charge is 0.168 e. The van der Waals surface area contributed by atoms with Crippen molar-refractivity contribution in [3.63, 3.8) is 0 Å². The molecule has 0 aliphatic carbocycles. The van der Waals surface area contributed by atoms with Gasteiger partial charge in [0.15, 0.2) is 6.20 Å². The molecule has 0 saturated carbocycles. The zero-order valence-corrected chi connectivity index (χ0v) is 4.81.